The summed E-state index contributed by atoms with van der Waals surface area (Å²) in [6.45, 7) is 2.20. The minimum absolute atomic E-state index is 0.260. The van der Waals surface area contributed by atoms with E-state index in [1.54, 1.807) is 36.5 Å². The first-order valence-corrected chi connectivity index (χ1v) is 10.3. The second kappa shape index (κ2) is 7.95. The number of thiophene rings is 1. The Hall–Kier alpha value is -2.34. The molecule has 0 saturated carbocycles. The number of carbonyl (C=O) groups is 1. The molecule has 0 aliphatic carbocycles. The largest absolute Gasteiger partial charge is 0.360 e. The smallest absolute Gasteiger partial charge is 0.257 e. The van der Waals surface area contributed by atoms with Gasteiger partial charge in [0.15, 0.2) is 0 Å². The number of fused-ring (bicyclic) bond motifs is 1. The number of aromatic nitrogens is 1. The minimum Gasteiger partial charge on any atom is -0.360 e. The third-order valence-corrected chi connectivity index (χ3v) is 6.17. The van der Waals surface area contributed by atoms with Crippen LogP contribution in [0.2, 0.25) is 10.0 Å². The molecule has 2 aromatic heterocycles. The lowest BCUT2D eigenvalue weighted by Crippen LogP contribution is -2.26. The van der Waals surface area contributed by atoms with Crippen molar-refractivity contribution in [2.75, 3.05) is 6.54 Å². The van der Waals surface area contributed by atoms with Crippen molar-refractivity contribution in [2.45, 2.75) is 13.3 Å². The Balaban J connectivity index is 1.54. The maximum atomic E-state index is 12.8. The number of carbonyl (C=O) groups excluding carboxylic acids is 1. The summed E-state index contributed by atoms with van der Waals surface area (Å²) in [5.74, 6) is 0.161. The Labute approximate surface area is 176 Å². The van der Waals surface area contributed by atoms with Crippen molar-refractivity contribution in [3.63, 3.8) is 0 Å². The highest BCUT2D eigenvalue weighted by atomic mass is 35.5. The molecule has 0 spiro atoms. The maximum Gasteiger partial charge on any atom is 0.257 e. The van der Waals surface area contributed by atoms with E-state index in [-0.39, 0.29) is 5.91 Å². The zero-order chi connectivity index (χ0) is 19.7. The highest BCUT2D eigenvalue weighted by Gasteiger charge is 2.24. The van der Waals surface area contributed by atoms with Gasteiger partial charge in [0.1, 0.15) is 17.0 Å². The van der Waals surface area contributed by atoms with Crippen LogP contribution in [0.4, 0.5) is 0 Å². The van der Waals surface area contributed by atoms with Crippen LogP contribution in [0.15, 0.2) is 52.4 Å². The van der Waals surface area contributed by atoms with Crippen molar-refractivity contribution in [3.05, 3.63) is 74.8 Å². The molecule has 0 aliphatic rings. The Morgan fingerprint density at radius 3 is 2.68 bits per heavy atom. The van der Waals surface area contributed by atoms with Crippen LogP contribution in [0.1, 0.15) is 21.7 Å². The molecular weight excluding hydrogens is 415 g/mol. The van der Waals surface area contributed by atoms with Gasteiger partial charge < -0.3 is 9.84 Å². The molecule has 4 rings (SSSR count). The Morgan fingerprint density at radius 1 is 1.14 bits per heavy atom. The standard InChI is InChI=1S/C21H16Cl2N2O2S/c1-12-18(20(25-27-12)19-15(22)6-4-7-16(19)23)21(26)24-10-9-13-11-28-17-8-3-2-5-14(13)17/h2-8,11H,9-10H2,1H3,(H,24,26). The zero-order valence-electron chi connectivity index (χ0n) is 15.0. The predicted octanol–water partition coefficient (Wildman–Crippen LogP) is 6.14. The van der Waals surface area contributed by atoms with Gasteiger partial charge in [0.05, 0.1) is 10.0 Å². The molecule has 7 heteroatoms. The average molecular weight is 431 g/mol. The van der Waals surface area contributed by atoms with E-state index in [9.17, 15) is 4.79 Å². The molecule has 0 fully saturated rings. The molecule has 0 atom stereocenters. The molecule has 0 saturated heterocycles. The summed E-state index contributed by atoms with van der Waals surface area (Å²) < 4.78 is 6.51. The number of nitrogens with zero attached hydrogens (tertiary/aromatic N) is 1. The Kier molecular flexibility index (Phi) is 5.40. The lowest BCUT2D eigenvalue weighted by atomic mass is 10.1. The van der Waals surface area contributed by atoms with Gasteiger partial charge in [-0.25, -0.2) is 0 Å². The first kappa shape index (κ1) is 19.0. The van der Waals surface area contributed by atoms with Crippen molar-refractivity contribution in [1.82, 2.24) is 10.5 Å². The quantitative estimate of drug-likeness (QED) is 0.413. The number of aryl methyl sites for hydroxylation is 1. The fraction of sp³-hybridized carbons (Fsp3) is 0.143. The number of benzene rings is 2. The normalized spacial score (nSPS) is 11.1. The average Bonchev–Trinajstić information content (AvgIpc) is 3.26. The second-order valence-electron chi connectivity index (χ2n) is 6.32. The van der Waals surface area contributed by atoms with E-state index in [2.05, 4.69) is 28.0 Å². The van der Waals surface area contributed by atoms with Gasteiger partial charge in [0, 0.05) is 16.8 Å². The van der Waals surface area contributed by atoms with E-state index < -0.39 is 0 Å². The molecule has 4 nitrogen and oxygen atoms in total. The maximum absolute atomic E-state index is 12.8. The van der Waals surface area contributed by atoms with Gasteiger partial charge in [-0.15, -0.1) is 11.3 Å². The van der Waals surface area contributed by atoms with Gasteiger partial charge in [0.2, 0.25) is 0 Å². The van der Waals surface area contributed by atoms with E-state index in [1.807, 2.05) is 12.1 Å². The second-order valence-corrected chi connectivity index (χ2v) is 8.05. The first-order chi connectivity index (χ1) is 13.6. The fourth-order valence-electron chi connectivity index (χ4n) is 3.16. The zero-order valence-corrected chi connectivity index (χ0v) is 17.3. The van der Waals surface area contributed by atoms with Gasteiger partial charge in [-0.3, -0.25) is 4.79 Å². The molecule has 1 amide bonds. The van der Waals surface area contributed by atoms with Gasteiger partial charge in [-0.2, -0.15) is 0 Å². The first-order valence-electron chi connectivity index (χ1n) is 8.70. The summed E-state index contributed by atoms with van der Waals surface area (Å²) in [7, 11) is 0. The highest BCUT2D eigenvalue weighted by molar-refractivity contribution is 7.17. The van der Waals surface area contributed by atoms with Crippen molar-refractivity contribution in [1.29, 1.82) is 0 Å². The number of hydrogen-bond donors (Lipinski definition) is 1. The summed E-state index contributed by atoms with van der Waals surface area (Å²) in [6.07, 6.45) is 0.738. The molecule has 2 aromatic carbocycles. The van der Waals surface area contributed by atoms with Gasteiger partial charge >= 0.3 is 0 Å². The number of halogens is 2. The van der Waals surface area contributed by atoms with E-state index in [0.717, 1.165) is 6.42 Å². The lowest BCUT2D eigenvalue weighted by Gasteiger charge is -2.08. The van der Waals surface area contributed by atoms with Gasteiger partial charge in [0.25, 0.3) is 5.91 Å². The van der Waals surface area contributed by atoms with Crippen LogP contribution in [0, 0.1) is 6.92 Å². The van der Waals surface area contributed by atoms with Gasteiger partial charge in [-0.05, 0) is 47.9 Å². The number of amides is 1. The third-order valence-electron chi connectivity index (χ3n) is 4.53. The molecule has 0 radical (unpaired) electrons. The van der Waals surface area contributed by atoms with Gasteiger partial charge in [-0.1, -0.05) is 52.6 Å². The van der Waals surface area contributed by atoms with Crippen LogP contribution in [-0.2, 0) is 6.42 Å². The molecule has 2 heterocycles. The molecular formula is C21H16Cl2N2O2S. The molecule has 1 N–H and O–H groups in total. The summed E-state index contributed by atoms with van der Waals surface area (Å²) in [6, 6.07) is 13.4. The van der Waals surface area contributed by atoms with Crippen LogP contribution in [0.3, 0.4) is 0 Å². The Morgan fingerprint density at radius 2 is 1.89 bits per heavy atom. The number of rotatable bonds is 5. The summed E-state index contributed by atoms with van der Waals surface area (Å²) >= 11 is 14.3. The summed E-state index contributed by atoms with van der Waals surface area (Å²) in [5, 5.41) is 11.2. The van der Waals surface area contributed by atoms with Crippen LogP contribution in [-0.4, -0.2) is 17.6 Å². The topological polar surface area (TPSA) is 55.1 Å². The molecule has 142 valence electrons. The van der Waals surface area contributed by atoms with Crippen LogP contribution >= 0.6 is 34.5 Å². The van der Waals surface area contributed by atoms with E-state index in [1.165, 1.54) is 15.6 Å². The fourth-order valence-corrected chi connectivity index (χ4v) is 4.73. The minimum atomic E-state index is -0.260. The third kappa shape index (κ3) is 3.53. The molecule has 0 unspecified atom stereocenters. The van der Waals surface area contributed by atoms with Crippen molar-refractivity contribution in [3.8, 4) is 11.3 Å². The van der Waals surface area contributed by atoms with Crippen molar-refractivity contribution in [2.24, 2.45) is 0 Å². The molecule has 28 heavy (non-hydrogen) atoms. The number of nitrogens with one attached hydrogen (secondary N) is 1. The molecule has 4 aromatic rings. The van der Waals surface area contributed by atoms with E-state index in [0.29, 0.717) is 39.2 Å². The summed E-state index contributed by atoms with van der Waals surface area (Å²) in [4.78, 5) is 12.8. The molecule has 0 bridgehead atoms. The van der Waals surface area contributed by atoms with Crippen molar-refractivity contribution < 1.29 is 9.32 Å². The SMILES string of the molecule is Cc1onc(-c2c(Cl)cccc2Cl)c1C(=O)NCCc1csc2ccccc12. The Bertz CT molecular complexity index is 1150. The highest BCUT2D eigenvalue weighted by Crippen LogP contribution is 2.36. The number of hydrogen-bond acceptors (Lipinski definition) is 4. The monoisotopic (exact) mass is 430 g/mol. The van der Waals surface area contributed by atoms with Crippen LogP contribution in [0.25, 0.3) is 21.3 Å². The van der Waals surface area contributed by atoms with Crippen molar-refractivity contribution >= 4 is 50.5 Å². The molecule has 0 aliphatic heterocycles. The summed E-state index contributed by atoms with van der Waals surface area (Å²) in [5.41, 5.74) is 2.42. The van der Waals surface area contributed by atoms with E-state index in [4.69, 9.17) is 27.7 Å². The van der Waals surface area contributed by atoms with E-state index >= 15 is 0 Å². The lowest BCUT2D eigenvalue weighted by molar-refractivity contribution is 0.0953. The van der Waals surface area contributed by atoms with Crippen LogP contribution < -0.4 is 5.32 Å². The van der Waals surface area contributed by atoms with Crippen LogP contribution in [0.5, 0.6) is 0 Å². The predicted molar refractivity (Wildman–Crippen MR) is 115 cm³/mol.